The number of anilines is 1. The van der Waals surface area contributed by atoms with Crippen molar-refractivity contribution in [2.24, 2.45) is 0 Å². The Morgan fingerprint density at radius 2 is 2.00 bits per heavy atom. The van der Waals surface area contributed by atoms with Gasteiger partial charge in [-0.3, -0.25) is 4.79 Å². The first-order valence-electron chi connectivity index (χ1n) is 4.97. The Balaban J connectivity index is 2.78. The molecule has 0 spiro atoms. The van der Waals surface area contributed by atoms with Crippen molar-refractivity contribution < 1.29 is 14.7 Å². The first-order valence-corrected chi connectivity index (χ1v) is 5.38. The number of aromatic carboxylic acids is 1. The Kier molecular flexibility index (Phi) is 4.59. The molecule has 0 aromatic heterocycles. The second-order valence-electron chi connectivity index (χ2n) is 3.21. The number of para-hydroxylation sites is 1. The van der Waals surface area contributed by atoms with Gasteiger partial charge in [0.1, 0.15) is 0 Å². The predicted octanol–water partition coefficient (Wildman–Crippen LogP) is 1.61. The van der Waals surface area contributed by atoms with Crippen molar-refractivity contribution in [1.29, 1.82) is 0 Å². The summed E-state index contributed by atoms with van der Waals surface area (Å²) in [4.78, 5) is 22.0. The highest BCUT2D eigenvalue weighted by Gasteiger charge is 2.10. The second-order valence-corrected chi connectivity index (χ2v) is 3.61. The quantitative estimate of drug-likeness (QED) is 0.712. The van der Waals surface area contributed by atoms with Crippen molar-refractivity contribution >= 4 is 34.9 Å². The van der Waals surface area contributed by atoms with Crippen molar-refractivity contribution in [3.63, 3.8) is 0 Å². The lowest BCUT2D eigenvalue weighted by Gasteiger charge is -2.10. The van der Waals surface area contributed by atoms with Crippen LogP contribution in [0.1, 0.15) is 23.7 Å². The summed E-state index contributed by atoms with van der Waals surface area (Å²) in [5.74, 6) is -1.28. The van der Waals surface area contributed by atoms with Crippen LogP contribution in [-0.4, -0.2) is 22.1 Å². The molecule has 1 rings (SSSR count). The molecule has 5 nitrogen and oxygen atoms in total. The Labute approximate surface area is 104 Å². The largest absolute Gasteiger partial charge is 0.478 e. The number of hydrogen-bond donors (Lipinski definition) is 3. The zero-order chi connectivity index (χ0) is 12.8. The Morgan fingerprint density at radius 3 is 2.59 bits per heavy atom. The SMILES string of the molecule is CCC(=O)NC(=S)Nc1ccccc1C(=O)O. The molecular weight excluding hydrogens is 240 g/mol. The van der Waals surface area contributed by atoms with Gasteiger partial charge >= 0.3 is 5.97 Å². The van der Waals surface area contributed by atoms with Gasteiger partial charge in [-0.05, 0) is 24.4 Å². The molecule has 0 aliphatic carbocycles. The van der Waals surface area contributed by atoms with E-state index >= 15 is 0 Å². The number of carbonyl (C=O) groups is 2. The highest BCUT2D eigenvalue weighted by Crippen LogP contribution is 2.14. The molecule has 0 unspecified atom stereocenters. The molecule has 0 saturated heterocycles. The summed E-state index contributed by atoms with van der Waals surface area (Å²) in [5, 5.41) is 14.1. The molecule has 3 N–H and O–H groups in total. The Hall–Kier alpha value is -1.95. The fourth-order valence-electron chi connectivity index (χ4n) is 1.15. The molecule has 0 atom stereocenters. The lowest BCUT2D eigenvalue weighted by Crippen LogP contribution is -2.33. The van der Waals surface area contributed by atoms with Crippen LogP contribution in [0.15, 0.2) is 24.3 Å². The van der Waals surface area contributed by atoms with Crippen LogP contribution >= 0.6 is 12.2 Å². The van der Waals surface area contributed by atoms with E-state index in [-0.39, 0.29) is 16.6 Å². The average Bonchev–Trinajstić information content (AvgIpc) is 2.29. The normalized spacial score (nSPS) is 9.47. The van der Waals surface area contributed by atoms with E-state index in [1.807, 2.05) is 0 Å². The monoisotopic (exact) mass is 252 g/mol. The Morgan fingerprint density at radius 1 is 1.35 bits per heavy atom. The summed E-state index contributed by atoms with van der Waals surface area (Å²) in [6.07, 6.45) is 0.308. The second kappa shape index (κ2) is 5.95. The summed E-state index contributed by atoms with van der Waals surface area (Å²) in [6, 6.07) is 6.32. The van der Waals surface area contributed by atoms with Gasteiger partial charge in [0.05, 0.1) is 11.3 Å². The number of nitrogens with one attached hydrogen (secondary N) is 2. The van der Waals surface area contributed by atoms with Gasteiger partial charge in [0, 0.05) is 6.42 Å². The van der Waals surface area contributed by atoms with Crippen molar-refractivity contribution in [2.45, 2.75) is 13.3 Å². The van der Waals surface area contributed by atoms with Crippen molar-refractivity contribution in [2.75, 3.05) is 5.32 Å². The van der Waals surface area contributed by atoms with Gasteiger partial charge < -0.3 is 15.7 Å². The van der Waals surface area contributed by atoms with E-state index in [1.54, 1.807) is 25.1 Å². The molecule has 0 bridgehead atoms. The topological polar surface area (TPSA) is 78.4 Å². The van der Waals surface area contributed by atoms with Gasteiger partial charge in [0.15, 0.2) is 5.11 Å². The van der Waals surface area contributed by atoms with E-state index < -0.39 is 5.97 Å². The van der Waals surface area contributed by atoms with Crippen LogP contribution in [-0.2, 0) is 4.79 Å². The minimum Gasteiger partial charge on any atom is -0.478 e. The van der Waals surface area contributed by atoms with Gasteiger partial charge in [-0.25, -0.2) is 4.79 Å². The number of hydrogen-bond acceptors (Lipinski definition) is 3. The zero-order valence-corrected chi connectivity index (χ0v) is 10.0. The maximum atomic E-state index is 11.1. The fourth-order valence-corrected chi connectivity index (χ4v) is 1.37. The smallest absolute Gasteiger partial charge is 0.337 e. The van der Waals surface area contributed by atoms with Gasteiger partial charge in [-0.1, -0.05) is 19.1 Å². The molecule has 17 heavy (non-hydrogen) atoms. The van der Waals surface area contributed by atoms with E-state index in [2.05, 4.69) is 10.6 Å². The number of carboxylic acid groups (broad SMARTS) is 1. The van der Waals surface area contributed by atoms with Crippen LogP contribution < -0.4 is 10.6 Å². The number of carbonyl (C=O) groups excluding carboxylic acids is 1. The van der Waals surface area contributed by atoms with Gasteiger partial charge in [0.25, 0.3) is 0 Å². The molecule has 1 amide bonds. The molecule has 0 heterocycles. The first kappa shape index (κ1) is 13.1. The maximum Gasteiger partial charge on any atom is 0.337 e. The third-order valence-corrected chi connectivity index (χ3v) is 2.18. The van der Waals surface area contributed by atoms with Crippen LogP contribution in [0.4, 0.5) is 5.69 Å². The molecule has 90 valence electrons. The first-order chi connectivity index (χ1) is 8.04. The number of amides is 1. The third kappa shape index (κ3) is 3.84. The van der Waals surface area contributed by atoms with Gasteiger partial charge in [-0.2, -0.15) is 0 Å². The lowest BCUT2D eigenvalue weighted by molar-refractivity contribution is -0.119. The molecule has 1 aromatic rings. The minimum atomic E-state index is -1.06. The van der Waals surface area contributed by atoms with E-state index in [0.717, 1.165) is 0 Å². The highest BCUT2D eigenvalue weighted by atomic mass is 32.1. The predicted molar refractivity (Wildman–Crippen MR) is 68.1 cm³/mol. The summed E-state index contributed by atoms with van der Waals surface area (Å²) in [5.41, 5.74) is 0.446. The third-order valence-electron chi connectivity index (χ3n) is 1.98. The minimum absolute atomic E-state index is 0.0885. The van der Waals surface area contributed by atoms with E-state index in [1.165, 1.54) is 6.07 Å². The van der Waals surface area contributed by atoms with Crippen LogP contribution in [0.3, 0.4) is 0 Å². The lowest BCUT2D eigenvalue weighted by atomic mass is 10.2. The molecule has 0 fully saturated rings. The zero-order valence-electron chi connectivity index (χ0n) is 9.19. The molecular formula is C11H12N2O3S. The Bertz CT molecular complexity index is 460. The molecule has 0 aliphatic rings. The van der Waals surface area contributed by atoms with Crippen LogP contribution in [0.2, 0.25) is 0 Å². The van der Waals surface area contributed by atoms with Crippen LogP contribution in [0.25, 0.3) is 0 Å². The van der Waals surface area contributed by atoms with Crippen molar-refractivity contribution in [3.05, 3.63) is 29.8 Å². The summed E-state index contributed by atoms with van der Waals surface area (Å²) in [6.45, 7) is 1.70. The van der Waals surface area contributed by atoms with Gasteiger partial charge in [-0.15, -0.1) is 0 Å². The number of thiocarbonyl (C=S) groups is 1. The fraction of sp³-hybridized carbons (Fsp3) is 0.182. The van der Waals surface area contributed by atoms with Gasteiger partial charge in [0.2, 0.25) is 5.91 Å². The number of rotatable bonds is 3. The van der Waals surface area contributed by atoms with E-state index in [0.29, 0.717) is 12.1 Å². The van der Waals surface area contributed by atoms with Crippen LogP contribution in [0.5, 0.6) is 0 Å². The molecule has 1 aromatic carbocycles. The van der Waals surface area contributed by atoms with Crippen LogP contribution in [0, 0.1) is 0 Å². The summed E-state index contributed by atoms with van der Waals surface area (Å²) in [7, 11) is 0. The van der Waals surface area contributed by atoms with E-state index in [4.69, 9.17) is 17.3 Å². The molecule has 0 radical (unpaired) electrons. The van der Waals surface area contributed by atoms with Crippen molar-refractivity contribution in [3.8, 4) is 0 Å². The van der Waals surface area contributed by atoms with Crippen molar-refractivity contribution in [1.82, 2.24) is 5.32 Å². The molecule has 0 aliphatic heterocycles. The number of carboxylic acids is 1. The molecule has 0 saturated carbocycles. The molecule has 6 heteroatoms. The number of benzene rings is 1. The standard InChI is InChI=1S/C11H12N2O3S/c1-2-9(14)13-11(17)12-8-6-4-3-5-7(8)10(15)16/h3-6H,2H2,1H3,(H,15,16)(H2,12,13,14,17). The maximum absolute atomic E-state index is 11.1. The summed E-state index contributed by atoms with van der Waals surface area (Å²) < 4.78 is 0. The summed E-state index contributed by atoms with van der Waals surface area (Å²) >= 11 is 4.89. The average molecular weight is 252 g/mol. The highest BCUT2D eigenvalue weighted by molar-refractivity contribution is 7.80. The van der Waals surface area contributed by atoms with E-state index in [9.17, 15) is 9.59 Å².